The standard InChI is InChI=1S/C17H14N4/c1-21-16(19)15(14-10-6-5-9-13(14)11-18)20-17(21)12-7-3-2-4-8-12/h2-10H,19H2,1H3. The second-order valence-corrected chi connectivity index (χ2v) is 4.75. The number of nitrogen functional groups attached to an aromatic ring is 1. The number of hydrogen-bond acceptors (Lipinski definition) is 3. The van der Waals surface area contributed by atoms with Crippen LogP contribution in [-0.4, -0.2) is 9.55 Å². The van der Waals surface area contributed by atoms with E-state index in [0.29, 0.717) is 17.1 Å². The molecule has 0 aliphatic heterocycles. The summed E-state index contributed by atoms with van der Waals surface area (Å²) < 4.78 is 1.85. The molecule has 102 valence electrons. The van der Waals surface area contributed by atoms with Crippen molar-refractivity contribution in [2.75, 3.05) is 5.73 Å². The molecule has 2 aromatic carbocycles. The Morgan fingerprint density at radius 2 is 1.71 bits per heavy atom. The van der Waals surface area contributed by atoms with Crippen molar-refractivity contribution < 1.29 is 0 Å². The van der Waals surface area contributed by atoms with E-state index in [1.165, 1.54) is 0 Å². The fraction of sp³-hybridized carbons (Fsp3) is 0.0588. The SMILES string of the molecule is Cn1c(-c2ccccc2)nc(-c2ccccc2C#N)c1N. The van der Waals surface area contributed by atoms with Gasteiger partial charge in [0.05, 0.1) is 11.6 Å². The molecule has 1 heterocycles. The van der Waals surface area contributed by atoms with Crippen LogP contribution in [0.5, 0.6) is 0 Å². The molecule has 4 heteroatoms. The van der Waals surface area contributed by atoms with E-state index in [0.717, 1.165) is 17.0 Å². The van der Waals surface area contributed by atoms with Gasteiger partial charge in [0.2, 0.25) is 0 Å². The Balaban J connectivity index is 2.21. The molecule has 0 saturated carbocycles. The van der Waals surface area contributed by atoms with E-state index in [4.69, 9.17) is 5.73 Å². The first-order valence-electron chi connectivity index (χ1n) is 6.59. The Kier molecular flexibility index (Phi) is 3.17. The average molecular weight is 274 g/mol. The summed E-state index contributed by atoms with van der Waals surface area (Å²) in [5.41, 5.74) is 9.16. The Morgan fingerprint density at radius 1 is 1.05 bits per heavy atom. The molecule has 4 nitrogen and oxygen atoms in total. The third kappa shape index (κ3) is 2.15. The molecule has 0 amide bonds. The van der Waals surface area contributed by atoms with Crippen LogP contribution in [0.2, 0.25) is 0 Å². The number of nitrogens with zero attached hydrogens (tertiary/aromatic N) is 3. The molecule has 0 aliphatic rings. The Hall–Kier alpha value is -3.06. The minimum atomic E-state index is 0.552. The molecule has 0 unspecified atom stereocenters. The minimum absolute atomic E-state index is 0.552. The van der Waals surface area contributed by atoms with Crippen LogP contribution in [0.15, 0.2) is 54.6 Å². The van der Waals surface area contributed by atoms with E-state index in [-0.39, 0.29) is 0 Å². The molecule has 2 N–H and O–H groups in total. The zero-order chi connectivity index (χ0) is 14.8. The fourth-order valence-corrected chi connectivity index (χ4v) is 2.34. The first-order valence-corrected chi connectivity index (χ1v) is 6.59. The second kappa shape index (κ2) is 5.14. The van der Waals surface area contributed by atoms with E-state index in [1.54, 1.807) is 6.07 Å². The number of nitrogens with two attached hydrogens (primary N) is 1. The van der Waals surface area contributed by atoms with Gasteiger partial charge in [0, 0.05) is 18.2 Å². The molecule has 1 aromatic heterocycles. The molecule has 0 atom stereocenters. The van der Waals surface area contributed by atoms with Crippen LogP contribution in [0, 0.1) is 11.3 Å². The van der Waals surface area contributed by atoms with Crippen LogP contribution in [0.4, 0.5) is 5.82 Å². The molecule has 3 rings (SSSR count). The lowest BCUT2D eigenvalue weighted by molar-refractivity contribution is 0.937. The normalized spacial score (nSPS) is 10.3. The van der Waals surface area contributed by atoms with Crippen molar-refractivity contribution >= 4 is 5.82 Å². The van der Waals surface area contributed by atoms with Crippen LogP contribution < -0.4 is 5.73 Å². The molecule has 0 radical (unpaired) electrons. The van der Waals surface area contributed by atoms with Gasteiger partial charge in [-0.25, -0.2) is 4.98 Å². The topological polar surface area (TPSA) is 67.6 Å². The second-order valence-electron chi connectivity index (χ2n) is 4.75. The Bertz CT molecular complexity index is 826. The predicted octanol–water partition coefficient (Wildman–Crippen LogP) is 3.21. The first-order chi connectivity index (χ1) is 10.2. The fourth-order valence-electron chi connectivity index (χ4n) is 2.34. The van der Waals surface area contributed by atoms with E-state index >= 15 is 0 Å². The molecule has 0 saturated heterocycles. The monoisotopic (exact) mass is 274 g/mol. The van der Waals surface area contributed by atoms with Crippen molar-refractivity contribution in [2.45, 2.75) is 0 Å². The zero-order valence-electron chi connectivity index (χ0n) is 11.6. The molecule has 21 heavy (non-hydrogen) atoms. The summed E-state index contributed by atoms with van der Waals surface area (Å²) in [6, 6.07) is 19.4. The number of rotatable bonds is 2. The van der Waals surface area contributed by atoms with Gasteiger partial charge in [0.15, 0.2) is 0 Å². The average Bonchev–Trinajstić information content (AvgIpc) is 2.84. The van der Waals surface area contributed by atoms with Gasteiger partial charge in [-0.15, -0.1) is 0 Å². The molecular weight excluding hydrogens is 260 g/mol. The number of aromatic nitrogens is 2. The summed E-state index contributed by atoms with van der Waals surface area (Å²) in [7, 11) is 1.88. The largest absolute Gasteiger partial charge is 0.383 e. The summed E-state index contributed by atoms with van der Waals surface area (Å²) in [4.78, 5) is 4.65. The van der Waals surface area contributed by atoms with Gasteiger partial charge in [-0.2, -0.15) is 5.26 Å². The maximum Gasteiger partial charge on any atom is 0.142 e. The van der Waals surface area contributed by atoms with Crippen molar-refractivity contribution in [3.63, 3.8) is 0 Å². The van der Waals surface area contributed by atoms with Crippen LogP contribution in [0.3, 0.4) is 0 Å². The lowest BCUT2D eigenvalue weighted by Crippen LogP contribution is -1.99. The maximum atomic E-state index is 9.24. The lowest BCUT2D eigenvalue weighted by atomic mass is 10.1. The van der Waals surface area contributed by atoms with Gasteiger partial charge in [-0.05, 0) is 6.07 Å². The lowest BCUT2D eigenvalue weighted by Gasteiger charge is -2.03. The Labute approximate surface area is 123 Å². The number of hydrogen-bond donors (Lipinski definition) is 1. The van der Waals surface area contributed by atoms with Crippen LogP contribution in [-0.2, 0) is 7.05 Å². The highest BCUT2D eigenvalue weighted by Crippen LogP contribution is 2.31. The molecule has 0 bridgehead atoms. The van der Waals surface area contributed by atoms with Gasteiger partial charge in [0.1, 0.15) is 17.3 Å². The number of benzene rings is 2. The number of nitriles is 1. The zero-order valence-corrected chi connectivity index (χ0v) is 11.6. The van der Waals surface area contributed by atoms with Gasteiger partial charge < -0.3 is 10.3 Å². The van der Waals surface area contributed by atoms with E-state index < -0.39 is 0 Å². The molecule has 0 fully saturated rings. The molecule has 0 aliphatic carbocycles. The summed E-state index contributed by atoms with van der Waals surface area (Å²) in [5.74, 6) is 1.34. The van der Waals surface area contributed by atoms with Gasteiger partial charge >= 0.3 is 0 Å². The molecule has 3 aromatic rings. The number of anilines is 1. The third-order valence-corrected chi connectivity index (χ3v) is 3.47. The highest BCUT2D eigenvalue weighted by atomic mass is 15.1. The van der Waals surface area contributed by atoms with Crippen LogP contribution >= 0.6 is 0 Å². The summed E-state index contributed by atoms with van der Waals surface area (Å²) in [5, 5.41) is 9.24. The van der Waals surface area contributed by atoms with Crippen molar-refractivity contribution in [1.29, 1.82) is 5.26 Å². The van der Waals surface area contributed by atoms with Crippen LogP contribution in [0.1, 0.15) is 5.56 Å². The summed E-state index contributed by atoms with van der Waals surface area (Å²) in [6.45, 7) is 0. The van der Waals surface area contributed by atoms with Crippen molar-refractivity contribution in [2.24, 2.45) is 7.05 Å². The summed E-state index contributed by atoms with van der Waals surface area (Å²) in [6.07, 6.45) is 0. The highest BCUT2D eigenvalue weighted by molar-refractivity contribution is 5.79. The van der Waals surface area contributed by atoms with Gasteiger partial charge in [0.25, 0.3) is 0 Å². The van der Waals surface area contributed by atoms with Crippen molar-refractivity contribution in [3.05, 3.63) is 60.2 Å². The Morgan fingerprint density at radius 3 is 2.43 bits per heavy atom. The van der Waals surface area contributed by atoms with Crippen LogP contribution in [0.25, 0.3) is 22.6 Å². The van der Waals surface area contributed by atoms with Gasteiger partial charge in [-0.1, -0.05) is 48.5 Å². The quantitative estimate of drug-likeness (QED) is 0.780. The van der Waals surface area contributed by atoms with Crippen molar-refractivity contribution in [3.8, 4) is 28.7 Å². The summed E-state index contributed by atoms with van der Waals surface area (Å²) >= 11 is 0. The smallest absolute Gasteiger partial charge is 0.142 e. The molecule has 0 spiro atoms. The van der Waals surface area contributed by atoms with E-state index in [1.807, 2.05) is 60.1 Å². The van der Waals surface area contributed by atoms with E-state index in [9.17, 15) is 5.26 Å². The maximum absolute atomic E-state index is 9.24. The molecular formula is C17H14N4. The highest BCUT2D eigenvalue weighted by Gasteiger charge is 2.17. The predicted molar refractivity (Wildman–Crippen MR) is 83.2 cm³/mol. The minimum Gasteiger partial charge on any atom is -0.383 e. The van der Waals surface area contributed by atoms with E-state index in [2.05, 4.69) is 11.1 Å². The van der Waals surface area contributed by atoms with Gasteiger partial charge in [-0.3, -0.25) is 0 Å². The number of imidazole rings is 1. The van der Waals surface area contributed by atoms with Crippen molar-refractivity contribution in [1.82, 2.24) is 9.55 Å². The third-order valence-electron chi connectivity index (χ3n) is 3.47. The first kappa shape index (κ1) is 12.9.